The summed E-state index contributed by atoms with van der Waals surface area (Å²) < 4.78 is 5.63. The van der Waals surface area contributed by atoms with Crippen molar-refractivity contribution in [2.45, 2.75) is 42.2 Å². The SMILES string of the molecule is CC1(C)Cc2c(C#N)c(SCCC#N)[nH+]c(N3CCOCC3)c2CS1. The lowest BCUT2D eigenvalue weighted by atomic mass is 9.94. The van der Waals surface area contributed by atoms with Crippen molar-refractivity contribution in [3.63, 3.8) is 0 Å². The average Bonchev–Trinajstić information content (AvgIpc) is 2.61. The van der Waals surface area contributed by atoms with Crippen molar-refractivity contribution in [1.82, 2.24) is 0 Å². The number of morpholine rings is 1. The second-order valence-corrected chi connectivity index (χ2v) is 9.62. The molecular weight excluding hydrogens is 352 g/mol. The van der Waals surface area contributed by atoms with Crippen LogP contribution >= 0.6 is 23.5 Å². The van der Waals surface area contributed by atoms with Gasteiger partial charge < -0.3 is 4.74 Å². The van der Waals surface area contributed by atoms with E-state index < -0.39 is 0 Å². The summed E-state index contributed by atoms with van der Waals surface area (Å²) in [5.41, 5.74) is 3.22. The van der Waals surface area contributed by atoms with Gasteiger partial charge in [-0.3, -0.25) is 4.90 Å². The fourth-order valence-electron chi connectivity index (χ4n) is 3.25. The number of rotatable bonds is 4. The minimum atomic E-state index is 0.136. The highest BCUT2D eigenvalue weighted by Gasteiger charge is 2.36. The van der Waals surface area contributed by atoms with Gasteiger partial charge in [-0.2, -0.15) is 22.3 Å². The van der Waals surface area contributed by atoms with Crippen molar-refractivity contribution in [2.75, 3.05) is 37.0 Å². The quantitative estimate of drug-likeness (QED) is 0.595. The van der Waals surface area contributed by atoms with E-state index in [9.17, 15) is 5.26 Å². The van der Waals surface area contributed by atoms with Gasteiger partial charge in [-0.25, -0.2) is 4.98 Å². The second kappa shape index (κ2) is 7.86. The lowest BCUT2D eigenvalue weighted by molar-refractivity contribution is -0.414. The largest absolute Gasteiger partial charge is 0.373 e. The number of hydrogen-bond acceptors (Lipinski definition) is 6. The predicted octanol–water partition coefficient (Wildman–Crippen LogP) is 2.78. The van der Waals surface area contributed by atoms with Crippen LogP contribution in [0.1, 0.15) is 37.0 Å². The molecule has 1 aromatic heterocycles. The summed E-state index contributed by atoms with van der Waals surface area (Å²) in [5, 5.41) is 19.5. The topological polar surface area (TPSA) is 74.2 Å². The zero-order chi connectivity index (χ0) is 17.9. The number of fused-ring (bicyclic) bond motifs is 1. The standard InChI is InChI=1S/C18H22N4OS2/c1-18(2)10-13-14(11-20)17(24-9-3-4-19)21-16(15(13)12-25-18)22-5-7-23-8-6-22/h3,5-10,12H2,1-2H3/p+1. The van der Waals surface area contributed by atoms with E-state index >= 15 is 0 Å². The molecule has 0 aromatic carbocycles. The zero-order valence-corrected chi connectivity index (χ0v) is 16.4. The van der Waals surface area contributed by atoms with Gasteiger partial charge in [-0.1, -0.05) is 25.6 Å². The van der Waals surface area contributed by atoms with E-state index in [2.05, 4.69) is 35.9 Å². The van der Waals surface area contributed by atoms with Gasteiger partial charge >= 0.3 is 0 Å². The number of nitriles is 2. The molecule has 0 saturated carbocycles. The van der Waals surface area contributed by atoms with Crippen LogP contribution in [-0.4, -0.2) is 36.8 Å². The van der Waals surface area contributed by atoms with Crippen LogP contribution in [0.2, 0.25) is 0 Å². The molecule has 0 bridgehead atoms. The molecule has 25 heavy (non-hydrogen) atoms. The Bertz CT molecular complexity index is 730. The van der Waals surface area contributed by atoms with Crippen LogP contribution < -0.4 is 9.88 Å². The molecule has 0 amide bonds. The van der Waals surface area contributed by atoms with E-state index in [1.165, 1.54) is 11.1 Å². The van der Waals surface area contributed by atoms with Gasteiger partial charge in [-0.05, 0) is 12.0 Å². The number of pyridine rings is 1. The van der Waals surface area contributed by atoms with Crippen LogP contribution in [-0.2, 0) is 16.9 Å². The third kappa shape index (κ3) is 4.06. The highest BCUT2D eigenvalue weighted by molar-refractivity contribution is 8.00. The maximum absolute atomic E-state index is 9.81. The van der Waals surface area contributed by atoms with Crippen LogP contribution in [0, 0.1) is 22.7 Å². The highest BCUT2D eigenvalue weighted by atomic mass is 32.2. The van der Waals surface area contributed by atoms with Crippen LogP contribution in [0.5, 0.6) is 0 Å². The number of thioether (sulfide) groups is 2. The van der Waals surface area contributed by atoms with Crippen molar-refractivity contribution in [3.8, 4) is 12.1 Å². The number of aromatic nitrogens is 1. The average molecular weight is 376 g/mol. The van der Waals surface area contributed by atoms with Crippen LogP contribution in [0.25, 0.3) is 0 Å². The first-order valence-corrected chi connectivity index (χ1v) is 10.5. The Morgan fingerprint density at radius 3 is 2.72 bits per heavy atom. The van der Waals surface area contributed by atoms with Crippen molar-refractivity contribution in [3.05, 3.63) is 16.7 Å². The molecule has 0 radical (unpaired) electrons. The number of hydrogen-bond donors (Lipinski definition) is 0. The van der Waals surface area contributed by atoms with Crippen molar-refractivity contribution >= 4 is 29.3 Å². The van der Waals surface area contributed by atoms with Crippen molar-refractivity contribution in [1.29, 1.82) is 10.5 Å². The summed E-state index contributed by atoms with van der Waals surface area (Å²) in [4.78, 5) is 5.88. The van der Waals surface area contributed by atoms with E-state index in [4.69, 9.17) is 10.00 Å². The smallest absolute Gasteiger partial charge is 0.279 e. The molecular formula is C18H23N4OS2+. The second-order valence-electron chi connectivity index (χ2n) is 6.83. The molecule has 7 heteroatoms. The first-order chi connectivity index (χ1) is 12.1. The Kier molecular flexibility index (Phi) is 5.78. The number of ether oxygens (including phenoxy) is 1. The lowest BCUT2D eigenvalue weighted by Gasteiger charge is -2.33. The Morgan fingerprint density at radius 1 is 1.28 bits per heavy atom. The normalized spacial score (nSPS) is 19.0. The van der Waals surface area contributed by atoms with Gasteiger partial charge in [0.25, 0.3) is 5.82 Å². The molecule has 5 nitrogen and oxygen atoms in total. The van der Waals surface area contributed by atoms with Crippen LogP contribution in [0.3, 0.4) is 0 Å². The van der Waals surface area contributed by atoms with Gasteiger partial charge in [0.2, 0.25) is 0 Å². The fraction of sp³-hybridized carbons (Fsp3) is 0.611. The Labute approximate surface area is 157 Å². The van der Waals surface area contributed by atoms with E-state index in [0.29, 0.717) is 12.2 Å². The number of H-pyrrole nitrogens is 1. The maximum atomic E-state index is 9.81. The molecule has 1 N–H and O–H groups in total. The maximum Gasteiger partial charge on any atom is 0.279 e. The van der Waals surface area contributed by atoms with Gasteiger partial charge in [-0.15, -0.1) is 0 Å². The fourth-order valence-corrected chi connectivity index (χ4v) is 5.23. The minimum absolute atomic E-state index is 0.136. The molecule has 0 atom stereocenters. The third-order valence-electron chi connectivity index (χ3n) is 4.52. The van der Waals surface area contributed by atoms with E-state index in [1.807, 2.05) is 11.8 Å². The Balaban J connectivity index is 2.06. The molecule has 132 valence electrons. The molecule has 1 fully saturated rings. The molecule has 1 aromatic rings. The summed E-state index contributed by atoms with van der Waals surface area (Å²) in [7, 11) is 0. The molecule has 1 saturated heterocycles. The molecule has 2 aliphatic heterocycles. The Morgan fingerprint density at radius 2 is 2.04 bits per heavy atom. The zero-order valence-electron chi connectivity index (χ0n) is 14.7. The van der Waals surface area contributed by atoms with Crippen molar-refractivity contribution in [2.24, 2.45) is 0 Å². The van der Waals surface area contributed by atoms with E-state index in [-0.39, 0.29) is 4.75 Å². The molecule has 0 spiro atoms. The summed E-state index contributed by atoms with van der Waals surface area (Å²) in [5.74, 6) is 2.75. The first kappa shape index (κ1) is 18.4. The number of nitrogens with zero attached hydrogens (tertiary/aromatic N) is 3. The van der Waals surface area contributed by atoms with Gasteiger partial charge in [0.15, 0.2) is 5.03 Å². The molecule has 0 unspecified atom stereocenters. The lowest BCUT2D eigenvalue weighted by Crippen LogP contribution is -2.42. The summed E-state index contributed by atoms with van der Waals surface area (Å²) in [6.45, 7) is 7.69. The van der Waals surface area contributed by atoms with Gasteiger partial charge in [0.1, 0.15) is 24.7 Å². The number of aromatic amines is 1. The predicted molar refractivity (Wildman–Crippen MR) is 101 cm³/mol. The van der Waals surface area contributed by atoms with E-state index in [1.54, 1.807) is 11.8 Å². The summed E-state index contributed by atoms with van der Waals surface area (Å²) in [6.07, 6.45) is 1.38. The summed E-state index contributed by atoms with van der Waals surface area (Å²) >= 11 is 3.53. The molecule has 3 heterocycles. The van der Waals surface area contributed by atoms with Crippen molar-refractivity contribution < 1.29 is 9.72 Å². The molecule has 2 aliphatic rings. The van der Waals surface area contributed by atoms with Crippen LogP contribution in [0.15, 0.2) is 5.03 Å². The monoisotopic (exact) mass is 375 g/mol. The number of nitrogens with one attached hydrogen (secondary N) is 1. The van der Waals surface area contributed by atoms with E-state index in [0.717, 1.165) is 54.9 Å². The van der Waals surface area contributed by atoms with Gasteiger partial charge in [0, 0.05) is 22.7 Å². The third-order valence-corrected chi connectivity index (χ3v) is 6.88. The summed E-state index contributed by atoms with van der Waals surface area (Å²) in [6, 6.07) is 4.61. The van der Waals surface area contributed by atoms with Crippen LogP contribution in [0.4, 0.5) is 5.82 Å². The highest BCUT2D eigenvalue weighted by Crippen LogP contribution is 2.43. The number of anilines is 1. The minimum Gasteiger partial charge on any atom is -0.373 e. The Hall–Kier alpha value is -1.41. The molecule has 3 rings (SSSR count). The van der Waals surface area contributed by atoms with Gasteiger partial charge in [0.05, 0.1) is 24.8 Å². The first-order valence-electron chi connectivity index (χ1n) is 8.53. The molecule has 0 aliphatic carbocycles.